The summed E-state index contributed by atoms with van der Waals surface area (Å²) in [4.78, 5) is 10.7. The normalized spacial score (nSPS) is 13.0. The van der Waals surface area contributed by atoms with Crippen LogP contribution >= 0.6 is 0 Å². The molecule has 0 saturated heterocycles. The number of rotatable bonds is 4. The first kappa shape index (κ1) is 10.7. The molecule has 0 amide bonds. The quantitative estimate of drug-likeness (QED) is 0.662. The van der Waals surface area contributed by atoms with Gasteiger partial charge in [0, 0.05) is 0 Å². The number of hydrogen-bond acceptors (Lipinski definition) is 1. The van der Waals surface area contributed by atoms with Crippen LogP contribution < -0.4 is 0 Å². The molecule has 0 saturated carbocycles. The Labute approximate surface area is 85.5 Å². The molecule has 0 heterocycles. The van der Waals surface area contributed by atoms with E-state index < -0.39 is 0 Å². The van der Waals surface area contributed by atoms with E-state index in [1.165, 1.54) is 5.56 Å². The smallest absolute Gasteiger partial charge is 0.152 e. The summed E-state index contributed by atoms with van der Waals surface area (Å²) in [6, 6.07) is 10.3. The molecular weight excluding hydrogens is 172 g/mol. The summed E-state index contributed by atoms with van der Waals surface area (Å²) in [5, 5.41) is 0. The Morgan fingerprint density at radius 3 is 2.57 bits per heavy atom. The highest BCUT2D eigenvalue weighted by atomic mass is 16.1. The van der Waals surface area contributed by atoms with Crippen molar-refractivity contribution in [3.63, 3.8) is 0 Å². The summed E-state index contributed by atoms with van der Waals surface area (Å²) in [7, 11) is 0. The Bertz CT molecular complexity index is 311. The van der Waals surface area contributed by atoms with Gasteiger partial charge in [0.1, 0.15) is 0 Å². The Morgan fingerprint density at radius 2 is 2.00 bits per heavy atom. The average Bonchev–Trinajstić information content (AvgIpc) is 2.18. The number of carbonyl (C=O) groups excluding carboxylic acids is 1. The molecule has 0 bridgehead atoms. The minimum atomic E-state index is 0.116. The lowest BCUT2D eigenvalue weighted by atomic mass is 9.98. The molecule has 1 aromatic rings. The van der Waals surface area contributed by atoms with Crippen molar-refractivity contribution < 1.29 is 4.79 Å². The van der Waals surface area contributed by atoms with Crippen LogP contribution in [0, 0.1) is 0 Å². The van der Waals surface area contributed by atoms with Gasteiger partial charge in [0.05, 0.1) is 0 Å². The predicted molar refractivity (Wildman–Crippen MR) is 59.3 cm³/mol. The van der Waals surface area contributed by atoms with Gasteiger partial charge in [-0.25, -0.2) is 0 Å². The third-order valence-corrected chi connectivity index (χ3v) is 2.21. The van der Waals surface area contributed by atoms with E-state index in [1.54, 1.807) is 13.0 Å². The second-order valence-electron chi connectivity index (χ2n) is 3.56. The first-order valence-corrected chi connectivity index (χ1v) is 4.92. The van der Waals surface area contributed by atoms with Crippen LogP contribution in [0.25, 0.3) is 0 Å². The van der Waals surface area contributed by atoms with Crippen molar-refractivity contribution in [1.29, 1.82) is 0 Å². The highest BCUT2D eigenvalue weighted by molar-refractivity contribution is 5.87. The Balaban J connectivity index is 2.51. The van der Waals surface area contributed by atoms with Gasteiger partial charge in [0.2, 0.25) is 0 Å². The van der Waals surface area contributed by atoms with Gasteiger partial charge in [-0.2, -0.15) is 0 Å². The second kappa shape index (κ2) is 5.38. The zero-order valence-corrected chi connectivity index (χ0v) is 8.73. The highest BCUT2D eigenvalue weighted by Gasteiger charge is 2.01. The van der Waals surface area contributed by atoms with E-state index in [1.807, 2.05) is 24.3 Å². The maximum atomic E-state index is 10.7. The second-order valence-corrected chi connectivity index (χ2v) is 3.56. The summed E-state index contributed by atoms with van der Waals surface area (Å²) in [5.41, 5.74) is 1.32. The first-order valence-electron chi connectivity index (χ1n) is 4.92. The molecule has 14 heavy (non-hydrogen) atoms. The molecule has 0 aliphatic heterocycles. The van der Waals surface area contributed by atoms with Crippen LogP contribution in [0.15, 0.2) is 42.5 Å². The molecule has 1 nitrogen and oxygen atoms in total. The minimum Gasteiger partial charge on any atom is -0.295 e. The van der Waals surface area contributed by atoms with Crippen LogP contribution in [0.5, 0.6) is 0 Å². The number of benzene rings is 1. The third-order valence-electron chi connectivity index (χ3n) is 2.21. The van der Waals surface area contributed by atoms with Crippen molar-refractivity contribution in [2.75, 3.05) is 0 Å². The van der Waals surface area contributed by atoms with Crippen LogP contribution in [0.2, 0.25) is 0 Å². The molecule has 0 aliphatic rings. The van der Waals surface area contributed by atoms with Gasteiger partial charge in [-0.1, -0.05) is 43.3 Å². The van der Waals surface area contributed by atoms with Crippen molar-refractivity contribution in [1.82, 2.24) is 0 Å². The molecule has 1 atom stereocenters. The summed E-state index contributed by atoms with van der Waals surface area (Å²) in [6.07, 6.45) is 4.50. The van der Waals surface area contributed by atoms with Gasteiger partial charge in [-0.05, 0) is 30.9 Å². The summed E-state index contributed by atoms with van der Waals surface area (Å²) in [6.45, 7) is 3.74. The van der Waals surface area contributed by atoms with E-state index in [4.69, 9.17) is 0 Å². The lowest BCUT2D eigenvalue weighted by molar-refractivity contribution is -0.112. The molecule has 0 fully saturated rings. The Kier molecular flexibility index (Phi) is 4.11. The van der Waals surface area contributed by atoms with Gasteiger partial charge >= 0.3 is 0 Å². The lowest BCUT2D eigenvalue weighted by Crippen LogP contribution is -1.91. The molecule has 0 N–H and O–H groups in total. The average molecular weight is 188 g/mol. The van der Waals surface area contributed by atoms with Crippen LogP contribution in [0.4, 0.5) is 0 Å². The third kappa shape index (κ3) is 3.56. The van der Waals surface area contributed by atoms with Crippen molar-refractivity contribution in [2.45, 2.75) is 26.2 Å². The number of carbonyl (C=O) groups is 1. The van der Waals surface area contributed by atoms with Gasteiger partial charge in [0.25, 0.3) is 0 Å². The number of hydrogen-bond donors (Lipinski definition) is 0. The SMILES string of the molecule is CC(=O)/C=C/CC(C)c1ccccc1. The summed E-state index contributed by atoms with van der Waals surface area (Å²) < 4.78 is 0. The number of ketones is 1. The molecular formula is C13H16O. The van der Waals surface area contributed by atoms with Gasteiger partial charge < -0.3 is 0 Å². The van der Waals surface area contributed by atoms with E-state index in [-0.39, 0.29) is 5.78 Å². The molecule has 0 radical (unpaired) electrons. The van der Waals surface area contributed by atoms with Gasteiger partial charge in [-0.15, -0.1) is 0 Å². The molecule has 1 aromatic carbocycles. The topological polar surface area (TPSA) is 17.1 Å². The molecule has 1 rings (SSSR count). The fourth-order valence-corrected chi connectivity index (χ4v) is 1.36. The standard InChI is InChI=1S/C13H16O/c1-11(7-6-8-12(2)14)13-9-4-3-5-10-13/h3-6,8-11H,7H2,1-2H3/b8-6+. The highest BCUT2D eigenvalue weighted by Crippen LogP contribution is 2.18. The largest absolute Gasteiger partial charge is 0.295 e. The molecule has 1 unspecified atom stereocenters. The van der Waals surface area contributed by atoms with Crippen molar-refractivity contribution >= 4 is 5.78 Å². The number of allylic oxidation sites excluding steroid dienone is 2. The molecule has 0 aromatic heterocycles. The van der Waals surface area contributed by atoms with Crippen LogP contribution in [-0.4, -0.2) is 5.78 Å². The van der Waals surface area contributed by atoms with Crippen LogP contribution in [0.3, 0.4) is 0 Å². The van der Waals surface area contributed by atoms with Gasteiger partial charge in [0.15, 0.2) is 5.78 Å². The maximum absolute atomic E-state index is 10.7. The Morgan fingerprint density at radius 1 is 1.36 bits per heavy atom. The van der Waals surface area contributed by atoms with E-state index in [0.717, 1.165) is 6.42 Å². The van der Waals surface area contributed by atoms with Crippen LogP contribution in [-0.2, 0) is 4.79 Å². The van der Waals surface area contributed by atoms with E-state index in [2.05, 4.69) is 19.1 Å². The first-order chi connectivity index (χ1) is 6.70. The minimum absolute atomic E-state index is 0.116. The monoisotopic (exact) mass is 188 g/mol. The molecule has 0 spiro atoms. The van der Waals surface area contributed by atoms with E-state index in [0.29, 0.717) is 5.92 Å². The van der Waals surface area contributed by atoms with Crippen LogP contribution in [0.1, 0.15) is 31.7 Å². The molecule has 74 valence electrons. The van der Waals surface area contributed by atoms with E-state index >= 15 is 0 Å². The van der Waals surface area contributed by atoms with Crippen molar-refractivity contribution in [3.05, 3.63) is 48.0 Å². The van der Waals surface area contributed by atoms with Gasteiger partial charge in [-0.3, -0.25) is 4.79 Å². The molecule has 1 heteroatoms. The van der Waals surface area contributed by atoms with Crippen molar-refractivity contribution in [2.24, 2.45) is 0 Å². The molecule has 0 aliphatic carbocycles. The maximum Gasteiger partial charge on any atom is 0.152 e. The lowest BCUT2D eigenvalue weighted by Gasteiger charge is -2.07. The van der Waals surface area contributed by atoms with E-state index in [9.17, 15) is 4.79 Å². The Hall–Kier alpha value is -1.37. The van der Waals surface area contributed by atoms with Crippen molar-refractivity contribution in [3.8, 4) is 0 Å². The predicted octanol–water partition coefficient (Wildman–Crippen LogP) is 3.33. The summed E-state index contributed by atoms with van der Waals surface area (Å²) in [5.74, 6) is 0.595. The zero-order valence-electron chi connectivity index (χ0n) is 8.73. The summed E-state index contributed by atoms with van der Waals surface area (Å²) >= 11 is 0. The fourth-order valence-electron chi connectivity index (χ4n) is 1.36. The zero-order chi connectivity index (χ0) is 10.4. The fraction of sp³-hybridized carbons (Fsp3) is 0.308.